The van der Waals surface area contributed by atoms with Gasteiger partial charge in [-0.1, -0.05) is 72.8 Å². The summed E-state index contributed by atoms with van der Waals surface area (Å²) >= 11 is 0. The number of pyridine rings is 1. The number of hydrogen-bond acceptors (Lipinski definition) is 5. The number of aromatic nitrogens is 5. The van der Waals surface area contributed by atoms with Crippen molar-refractivity contribution in [3.8, 4) is 23.1 Å². The summed E-state index contributed by atoms with van der Waals surface area (Å²) < 4.78 is 8.17. The summed E-state index contributed by atoms with van der Waals surface area (Å²) in [6.07, 6.45) is 3.40. The Morgan fingerprint density at radius 2 is 1.64 bits per heavy atom. The van der Waals surface area contributed by atoms with Crippen molar-refractivity contribution in [3.63, 3.8) is 0 Å². The van der Waals surface area contributed by atoms with Crippen LogP contribution in [0, 0.1) is 0 Å². The first-order valence-electron chi connectivity index (χ1n) is 10.8. The van der Waals surface area contributed by atoms with Crippen LogP contribution in [-0.2, 0) is 0 Å². The maximum absolute atomic E-state index is 6.46. The van der Waals surface area contributed by atoms with Gasteiger partial charge >= 0.3 is 0 Å². The zero-order valence-corrected chi connectivity index (χ0v) is 17.5. The number of hydrogen-bond donors (Lipinski definition) is 0. The van der Waals surface area contributed by atoms with Crippen LogP contribution in [0.5, 0.6) is 11.6 Å². The molecule has 0 amide bonds. The third-order valence-corrected chi connectivity index (χ3v) is 6.12. The summed E-state index contributed by atoms with van der Waals surface area (Å²) in [6, 6.07) is 28.7. The molecule has 1 unspecified atom stereocenters. The summed E-state index contributed by atoms with van der Waals surface area (Å²) in [6.45, 7) is 0. The highest BCUT2D eigenvalue weighted by atomic mass is 16.5. The van der Waals surface area contributed by atoms with Gasteiger partial charge in [-0.3, -0.25) is 4.98 Å². The van der Waals surface area contributed by atoms with E-state index in [1.54, 1.807) is 17.0 Å². The number of benzene rings is 3. The SMILES string of the molecule is c1ccc(C2c3ccc4ccccc4c3Oc3ncn4nc(-c5ccccn5)nc4c32)cc1. The first-order chi connectivity index (χ1) is 16.4. The maximum Gasteiger partial charge on any atom is 0.228 e. The highest BCUT2D eigenvalue weighted by Crippen LogP contribution is 2.50. The van der Waals surface area contributed by atoms with E-state index in [2.05, 4.69) is 63.6 Å². The van der Waals surface area contributed by atoms with Crippen LogP contribution in [0.2, 0.25) is 0 Å². The Labute approximate surface area is 189 Å². The Hall–Kier alpha value is -4.58. The standard InChI is InChI=1S/C27H17N5O/c1-2-9-18(10-3-1)22-20-14-13-17-8-4-5-11-19(17)24(20)33-27-23(22)26-30-25(31-32(26)16-29-27)21-12-6-7-15-28-21/h1-16,22H. The summed E-state index contributed by atoms with van der Waals surface area (Å²) in [5, 5.41) is 6.85. The van der Waals surface area contributed by atoms with E-state index < -0.39 is 0 Å². The molecule has 1 aliphatic heterocycles. The molecule has 33 heavy (non-hydrogen) atoms. The minimum absolute atomic E-state index is 0.0912. The van der Waals surface area contributed by atoms with Crippen LogP contribution in [0.1, 0.15) is 22.6 Å². The van der Waals surface area contributed by atoms with E-state index in [1.807, 2.05) is 36.4 Å². The van der Waals surface area contributed by atoms with Crippen molar-refractivity contribution in [2.24, 2.45) is 0 Å². The number of ether oxygens (including phenoxy) is 1. The molecule has 0 fully saturated rings. The Bertz CT molecular complexity index is 1640. The van der Waals surface area contributed by atoms with E-state index >= 15 is 0 Å². The quantitative estimate of drug-likeness (QED) is 0.358. The molecule has 0 saturated carbocycles. The molecule has 0 saturated heterocycles. The van der Waals surface area contributed by atoms with E-state index in [4.69, 9.17) is 9.72 Å². The van der Waals surface area contributed by atoms with Gasteiger partial charge in [0.05, 0.1) is 5.56 Å². The van der Waals surface area contributed by atoms with Gasteiger partial charge in [-0.2, -0.15) is 0 Å². The molecule has 0 aliphatic carbocycles. The van der Waals surface area contributed by atoms with Gasteiger partial charge in [-0.15, -0.1) is 5.10 Å². The van der Waals surface area contributed by atoms with Gasteiger partial charge in [0.2, 0.25) is 11.7 Å². The Morgan fingerprint density at radius 3 is 2.52 bits per heavy atom. The predicted octanol–water partition coefficient (Wildman–Crippen LogP) is 5.63. The van der Waals surface area contributed by atoms with Crippen LogP contribution in [-0.4, -0.2) is 24.6 Å². The second kappa shape index (κ2) is 6.97. The van der Waals surface area contributed by atoms with Gasteiger partial charge in [0.1, 0.15) is 17.8 Å². The molecular weight excluding hydrogens is 410 g/mol. The van der Waals surface area contributed by atoms with Crippen molar-refractivity contribution in [2.75, 3.05) is 0 Å². The molecule has 6 nitrogen and oxygen atoms in total. The largest absolute Gasteiger partial charge is 0.438 e. The number of fused-ring (bicyclic) bond motifs is 6. The van der Waals surface area contributed by atoms with Crippen LogP contribution in [0.3, 0.4) is 0 Å². The fourth-order valence-corrected chi connectivity index (χ4v) is 4.64. The van der Waals surface area contributed by atoms with Crippen LogP contribution in [0.15, 0.2) is 97.5 Å². The highest BCUT2D eigenvalue weighted by molar-refractivity contribution is 5.91. The lowest BCUT2D eigenvalue weighted by Crippen LogP contribution is -2.15. The normalized spacial score (nSPS) is 14.6. The minimum atomic E-state index is -0.0912. The summed E-state index contributed by atoms with van der Waals surface area (Å²) in [5.41, 5.74) is 4.57. The van der Waals surface area contributed by atoms with Gasteiger partial charge in [0.15, 0.2) is 5.65 Å². The smallest absolute Gasteiger partial charge is 0.228 e. The molecule has 3 aromatic heterocycles. The van der Waals surface area contributed by atoms with Gasteiger partial charge in [-0.25, -0.2) is 14.5 Å². The van der Waals surface area contributed by atoms with Crippen molar-refractivity contribution in [1.29, 1.82) is 0 Å². The molecule has 7 rings (SSSR count). The molecule has 6 heteroatoms. The molecule has 1 atom stereocenters. The van der Waals surface area contributed by atoms with Crippen molar-refractivity contribution < 1.29 is 4.74 Å². The van der Waals surface area contributed by atoms with Crippen molar-refractivity contribution in [3.05, 3.63) is 114 Å². The van der Waals surface area contributed by atoms with Gasteiger partial charge in [0.25, 0.3) is 0 Å². The molecule has 156 valence electrons. The monoisotopic (exact) mass is 427 g/mol. The third kappa shape index (κ3) is 2.74. The lowest BCUT2D eigenvalue weighted by Gasteiger charge is -2.28. The van der Waals surface area contributed by atoms with Gasteiger partial charge < -0.3 is 4.74 Å². The van der Waals surface area contributed by atoms with Crippen LogP contribution in [0.4, 0.5) is 0 Å². The van der Waals surface area contributed by atoms with E-state index in [1.165, 1.54) is 0 Å². The minimum Gasteiger partial charge on any atom is -0.438 e. The molecule has 1 aliphatic rings. The van der Waals surface area contributed by atoms with E-state index in [-0.39, 0.29) is 5.92 Å². The van der Waals surface area contributed by atoms with Crippen LogP contribution >= 0.6 is 0 Å². The molecule has 4 heterocycles. The maximum atomic E-state index is 6.46. The molecule has 3 aromatic carbocycles. The topological polar surface area (TPSA) is 65.2 Å². The summed E-state index contributed by atoms with van der Waals surface area (Å²) in [4.78, 5) is 13.9. The van der Waals surface area contributed by atoms with Crippen LogP contribution < -0.4 is 4.74 Å². The summed E-state index contributed by atoms with van der Waals surface area (Å²) in [7, 11) is 0. The lowest BCUT2D eigenvalue weighted by atomic mass is 9.83. The number of nitrogens with zero attached hydrogens (tertiary/aromatic N) is 5. The molecular formula is C27H17N5O. The Morgan fingerprint density at radius 1 is 0.788 bits per heavy atom. The lowest BCUT2D eigenvalue weighted by molar-refractivity contribution is 0.437. The van der Waals surface area contributed by atoms with Crippen molar-refractivity contribution in [2.45, 2.75) is 5.92 Å². The summed E-state index contributed by atoms with van der Waals surface area (Å²) in [5.74, 6) is 1.87. The number of rotatable bonds is 2. The second-order valence-electron chi connectivity index (χ2n) is 8.03. The first kappa shape index (κ1) is 18.0. The van der Waals surface area contributed by atoms with E-state index in [9.17, 15) is 0 Å². The Kier molecular flexibility index (Phi) is 3.81. The van der Waals surface area contributed by atoms with Crippen molar-refractivity contribution >= 4 is 16.4 Å². The van der Waals surface area contributed by atoms with Crippen LogP contribution in [0.25, 0.3) is 27.9 Å². The fourth-order valence-electron chi connectivity index (χ4n) is 4.64. The molecule has 6 aromatic rings. The predicted molar refractivity (Wildman–Crippen MR) is 125 cm³/mol. The molecule has 0 radical (unpaired) electrons. The zero-order chi connectivity index (χ0) is 21.8. The van der Waals surface area contributed by atoms with Gasteiger partial charge in [0, 0.05) is 23.1 Å². The van der Waals surface area contributed by atoms with E-state index in [0.717, 1.165) is 33.2 Å². The molecule has 0 bridgehead atoms. The van der Waals surface area contributed by atoms with Gasteiger partial charge in [-0.05, 0) is 23.1 Å². The molecule has 0 N–H and O–H groups in total. The van der Waals surface area contributed by atoms with E-state index in [0.29, 0.717) is 23.0 Å². The fraction of sp³-hybridized carbons (Fsp3) is 0.0370. The third-order valence-electron chi connectivity index (χ3n) is 6.12. The Balaban J connectivity index is 1.53. The second-order valence-corrected chi connectivity index (χ2v) is 8.03. The molecule has 0 spiro atoms. The average molecular weight is 427 g/mol. The zero-order valence-electron chi connectivity index (χ0n) is 17.5. The average Bonchev–Trinajstić information content (AvgIpc) is 3.33. The van der Waals surface area contributed by atoms with Crippen molar-refractivity contribution in [1.82, 2.24) is 24.6 Å². The highest BCUT2D eigenvalue weighted by Gasteiger charge is 2.34. The first-order valence-corrected chi connectivity index (χ1v) is 10.8.